The molecule has 0 bridgehead atoms. The van der Waals surface area contributed by atoms with Gasteiger partial charge in [-0.1, -0.05) is 6.42 Å². The fourth-order valence-electron chi connectivity index (χ4n) is 4.49. The van der Waals surface area contributed by atoms with Crippen LogP contribution in [0.15, 0.2) is 24.2 Å². The lowest BCUT2D eigenvalue weighted by atomic mass is 9.85. The van der Waals surface area contributed by atoms with Crippen LogP contribution in [-0.4, -0.2) is 77.9 Å². The van der Waals surface area contributed by atoms with Gasteiger partial charge in [0.2, 0.25) is 11.7 Å². The normalized spacial score (nSPS) is 18.9. The van der Waals surface area contributed by atoms with Crippen LogP contribution in [-0.2, 0) is 17.5 Å². The summed E-state index contributed by atoms with van der Waals surface area (Å²) >= 11 is 1.35. The molecule has 0 radical (unpaired) electrons. The van der Waals surface area contributed by atoms with Crippen LogP contribution in [0.25, 0.3) is 11.3 Å². The molecule has 192 valence electrons. The molecule has 14 heteroatoms. The number of aliphatic hydroxyl groups is 1. The first-order chi connectivity index (χ1) is 17.3. The SMILES string of the molecule is O=C(Cn1cnc(C2CCC2)n1)N1CCN(c2scnc2-c2cnc(C(F)(F)F)nc2)C[C@H]1CCO. The van der Waals surface area contributed by atoms with E-state index in [1.807, 2.05) is 4.90 Å². The van der Waals surface area contributed by atoms with Gasteiger partial charge in [-0.05, 0) is 19.3 Å². The van der Waals surface area contributed by atoms with Crippen LogP contribution in [0.4, 0.5) is 18.2 Å². The number of carbonyl (C=O) groups is 1. The molecule has 0 unspecified atom stereocenters. The molecule has 1 aliphatic carbocycles. The zero-order valence-corrected chi connectivity index (χ0v) is 20.1. The van der Waals surface area contributed by atoms with E-state index >= 15 is 0 Å². The van der Waals surface area contributed by atoms with Crippen molar-refractivity contribution in [3.8, 4) is 11.3 Å². The number of piperazine rings is 1. The Labute approximate surface area is 208 Å². The Bertz CT molecular complexity index is 1190. The highest BCUT2D eigenvalue weighted by atomic mass is 32.1. The smallest absolute Gasteiger partial charge is 0.396 e. The summed E-state index contributed by atoms with van der Waals surface area (Å²) in [5, 5.41) is 14.9. The lowest BCUT2D eigenvalue weighted by Gasteiger charge is -2.42. The minimum Gasteiger partial charge on any atom is -0.396 e. The molecular weight excluding hydrogens is 497 g/mol. The van der Waals surface area contributed by atoms with Crippen molar-refractivity contribution in [2.45, 2.75) is 50.4 Å². The predicted octanol–water partition coefficient (Wildman–Crippen LogP) is 2.58. The maximum absolute atomic E-state index is 13.1. The fraction of sp³-hybridized carbons (Fsp3) is 0.545. The number of rotatable bonds is 7. The van der Waals surface area contributed by atoms with E-state index in [4.69, 9.17) is 0 Å². The van der Waals surface area contributed by atoms with E-state index in [-0.39, 0.29) is 25.1 Å². The van der Waals surface area contributed by atoms with E-state index in [0.717, 1.165) is 36.1 Å². The van der Waals surface area contributed by atoms with E-state index in [9.17, 15) is 23.1 Å². The monoisotopic (exact) mass is 522 g/mol. The van der Waals surface area contributed by atoms with E-state index < -0.39 is 12.0 Å². The van der Waals surface area contributed by atoms with Gasteiger partial charge in [0, 0.05) is 50.1 Å². The van der Waals surface area contributed by atoms with Gasteiger partial charge in [-0.3, -0.25) is 4.79 Å². The number of carbonyl (C=O) groups excluding carboxylic acids is 1. The van der Waals surface area contributed by atoms with Crippen LogP contribution in [0.2, 0.25) is 0 Å². The molecule has 3 aromatic rings. The summed E-state index contributed by atoms with van der Waals surface area (Å²) in [5.74, 6) is -0.129. The first kappa shape index (κ1) is 24.6. The third kappa shape index (κ3) is 5.05. The van der Waals surface area contributed by atoms with Gasteiger partial charge in [-0.2, -0.15) is 18.3 Å². The van der Waals surface area contributed by atoms with Crippen LogP contribution in [0.5, 0.6) is 0 Å². The molecule has 2 fully saturated rings. The molecule has 0 spiro atoms. The summed E-state index contributed by atoms with van der Waals surface area (Å²) < 4.78 is 40.1. The average molecular weight is 523 g/mol. The van der Waals surface area contributed by atoms with Crippen molar-refractivity contribution < 1.29 is 23.1 Å². The van der Waals surface area contributed by atoms with Gasteiger partial charge in [0.1, 0.15) is 23.6 Å². The zero-order chi connectivity index (χ0) is 25.3. The molecule has 3 aromatic heterocycles. The fourth-order valence-corrected chi connectivity index (χ4v) is 5.35. The lowest BCUT2D eigenvalue weighted by molar-refractivity contribution is -0.145. The molecule has 5 rings (SSSR count). The van der Waals surface area contributed by atoms with Crippen molar-refractivity contribution >= 4 is 22.2 Å². The molecule has 4 heterocycles. The summed E-state index contributed by atoms with van der Waals surface area (Å²) in [6.45, 7) is 1.38. The first-order valence-corrected chi connectivity index (χ1v) is 12.6. The number of thiazole rings is 1. The van der Waals surface area contributed by atoms with Gasteiger partial charge in [-0.25, -0.2) is 24.6 Å². The van der Waals surface area contributed by atoms with Gasteiger partial charge in [0.05, 0.1) is 11.6 Å². The van der Waals surface area contributed by atoms with Crippen LogP contribution in [0.1, 0.15) is 43.3 Å². The number of aromatic nitrogens is 6. The summed E-state index contributed by atoms with van der Waals surface area (Å²) in [4.78, 5) is 32.5. The first-order valence-electron chi connectivity index (χ1n) is 11.7. The minimum atomic E-state index is -4.62. The van der Waals surface area contributed by atoms with Crippen LogP contribution < -0.4 is 4.90 Å². The molecule has 0 aromatic carbocycles. The molecular formula is C22H25F3N8O2S. The van der Waals surface area contributed by atoms with Gasteiger partial charge in [0.15, 0.2) is 5.82 Å². The van der Waals surface area contributed by atoms with E-state index in [1.165, 1.54) is 17.8 Å². The third-order valence-corrected chi connectivity index (χ3v) is 7.49. The topological polar surface area (TPSA) is 113 Å². The Kier molecular flexibility index (Phi) is 6.88. The molecule has 2 aliphatic rings. The largest absolute Gasteiger partial charge is 0.451 e. The highest BCUT2D eigenvalue weighted by Gasteiger charge is 2.35. The highest BCUT2D eigenvalue weighted by Crippen LogP contribution is 2.36. The molecule has 1 saturated carbocycles. The van der Waals surface area contributed by atoms with Crippen LogP contribution in [0, 0.1) is 0 Å². The number of nitrogens with zero attached hydrogens (tertiary/aromatic N) is 8. The molecule has 1 aliphatic heterocycles. The van der Waals surface area contributed by atoms with E-state index in [1.54, 1.807) is 21.4 Å². The maximum atomic E-state index is 13.1. The van der Waals surface area contributed by atoms with Crippen LogP contribution in [0.3, 0.4) is 0 Å². The number of halogens is 3. The zero-order valence-electron chi connectivity index (χ0n) is 19.3. The molecule has 1 atom stereocenters. The van der Waals surface area contributed by atoms with Gasteiger partial charge >= 0.3 is 6.18 Å². The molecule has 1 amide bonds. The van der Waals surface area contributed by atoms with Crippen molar-refractivity contribution in [3.05, 3.63) is 35.9 Å². The molecule has 1 saturated heterocycles. The summed E-state index contributed by atoms with van der Waals surface area (Å²) in [7, 11) is 0. The quantitative estimate of drug-likeness (QED) is 0.504. The lowest BCUT2D eigenvalue weighted by Crippen LogP contribution is -2.56. The predicted molar refractivity (Wildman–Crippen MR) is 124 cm³/mol. The number of alkyl halides is 3. The van der Waals surface area contributed by atoms with E-state index in [2.05, 4.69) is 25.0 Å². The number of aliphatic hydroxyl groups excluding tert-OH is 1. The highest BCUT2D eigenvalue weighted by molar-refractivity contribution is 7.14. The Morgan fingerprint density at radius 3 is 2.58 bits per heavy atom. The second kappa shape index (κ2) is 10.1. The van der Waals surface area contributed by atoms with Crippen molar-refractivity contribution in [1.82, 2.24) is 34.6 Å². The summed E-state index contributed by atoms with van der Waals surface area (Å²) in [6.07, 6.45) is 2.95. The van der Waals surface area contributed by atoms with Crippen molar-refractivity contribution in [3.63, 3.8) is 0 Å². The third-order valence-electron chi connectivity index (χ3n) is 6.60. The van der Waals surface area contributed by atoms with E-state index in [0.29, 0.717) is 43.2 Å². The maximum Gasteiger partial charge on any atom is 0.451 e. The Balaban J connectivity index is 1.28. The Morgan fingerprint density at radius 2 is 1.92 bits per heavy atom. The number of amides is 1. The summed E-state index contributed by atoms with van der Waals surface area (Å²) in [6, 6.07) is -0.246. The Morgan fingerprint density at radius 1 is 1.14 bits per heavy atom. The van der Waals surface area contributed by atoms with Crippen molar-refractivity contribution in [2.75, 3.05) is 31.1 Å². The summed E-state index contributed by atoms with van der Waals surface area (Å²) in [5.41, 5.74) is 2.48. The second-order valence-corrected chi connectivity index (χ2v) is 9.76. The second-order valence-electron chi connectivity index (χ2n) is 8.93. The number of hydrogen-bond acceptors (Lipinski definition) is 9. The van der Waals surface area contributed by atoms with Crippen molar-refractivity contribution in [2.24, 2.45) is 0 Å². The number of anilines is 1. The molecule has 10 nitrogen and oxygen atoms in total. The van der Waals surface area contributed by atoms with Gasteiger partial charge < -0.3 is 14.9 Å². The van der Waals surface area contributed by atoms with Crippen LogP contribution >= 0.6 is 11.3 Å². The minimum absolute atomic E-state index is 0.0797. The van der Waals surface area contributed by atoms with Gasteiger partial charge in [-0.15, -0.1) is 11.3 Å². The average Bonchev–Trinajstić information content (AvgIpc) is 3.48. The van der Waals surface area contributed by atoms with Gasteiger partial charge in [0.25, 0.3) is 0 Å². The van der Waals surface area contributed by atoms with Crippen molar-refractivity contribution in [1.29, 1.82) is 0 Å². The standard InChI is InChI=1S/C22H25F3N8O2S/c23-22(24,25)21-26-8-15(9-27-21)18-20(36-13-29-18)31-5-6-33(16(10-31)4-7-34)17(35)11-32-12-28-19(30-32)14-2-1-3-14/h8-9,12-14,16,34H,1-7,10-11H2/t16-/m1/s1. The molecule has 1 N–H and O–H groups in total. The Hall–Kier alpha value is -3.13. The molecule has 36 heavy (non-hydrogen) atoms. The number of hydrogen-bond donors (Lipinski definition) is 1.